The van der Waals surface area contributed by atoms with Gasteiger partial charge in [0.25, 0.3) is 0 Å². The molecule has 0 spiro atoms. The van der Waals surface area contributed by atoms with E-state index < -0.39 is 0 Å². The first-order chi connectivity index (χ1) is 9.74. The minimum Gasteiger partial charge on any atom is -0.316 e. The molecule has 0 fully saturated rings. The van der Waals surface area contributed by atoms with Crippen molar-refractivity contribution in [3.8, 4) is 0 Å². The maximum Gasteiger partial charge on any atom is 0.00202 e. The van der Waals surface area contributed by atoms with Gasteiger partial charge in [-0.05, 0) is 30.4 Å². The lowest BCUT2D eigenvalue weighted by molar-refractivity contribution is 0.481. The Morgan fingerprint density at radius 3 is 2.25 bits per heavy atom. The van der Waals surface area contributed by atoms with Crippen molar-refractivity contribution in [3.63, 3.8) is 0 Å². The maximum absolute atomic E-state index is 3.64. The maximum atomic E-state index is 3.64. The molecule has 1 aromatic carbocycles. The average Bonchev–Trinajstić information content (AvgIpc) is 2.46. The predicted octanol–water partition coefficient (Wildman–Crippen LogP) is 5.38. The molecule has 1 N–H and O–H groups in total. The van der Waals surface area contributed by atoms with Crippen molar-refractivity contribution in [1.82, 2.24) is 5.32 Å². The van der Waals surface area contributed by atoms with Gasteiger partial charge in [0.15, 0.2) is 0 Å². The first-order valence-electron chi connectivity index (χ1n) is 8.49. The summed E-state index contributed by atoms with van der Waals surface area (Å²) in [5, 5.41) is 3.64. The van der Waals surface area contributed by atoms with Gasteiger partial charge in [0.1, 0.15) is 0 Å². The summed E-state index contributed by atoms with van der Waals surface area (Å²) in [7, 11) is 0. The van der Waals surface area contributed by atoms with Gasteiger partial charge in [0.2, 0.25) is 0 Å². The minimum absolute atomic E-state index is 0.677. The second-order valence-corrected chi connectivity index (χ2v) is 6.36. The van der Waals surface area contributed by atoms with Gasteiger partial charge in [-0.3, -0.25) is 0 Å². The van der Waals surface area contributed by atoms with E-state index in [9.17, 15) is 0 Å². The van der Waals surface area contributed by atoms with Crippen molar-refractivity contribution in [2.45, 2.75) is 65.2 Å². The van der Waals surface area contributed by atoms with E-state index in [1.54, 1.807) is 0 Å². The fraction of sp³-hybridized carbons (Fsp3) is 0.684. The van der Waals surface area contributed by atoms with E-state index >= 15 is 0 Å². The molecule has 1 heteroatoms. The van der Waals surface area contributed by atoms with Crippen LogP contribution in [0.3, 0.4) is 0 Å². The zero-order valence-corrected chi connectivity index (χ0v) is 13.7. The topological polar surface area (TPSA) is 12.0 Å². The van der Waals surface area contributed by atoms with E-state index in [2.05, 4.69) is 56.4 Å². The van der Waals surface area contributed by atoms with Crippen LogP contribution < -0.4 is 5.32 Å². The molecule has 0 aliphatic heterocycles. The smallest absolute Gasteiger partial charge is 0.00202 e. The van der Waals surface area contributed by atoms with Gasteiger partial charge in [-0.25, -0.2) is 0 Å². The summed E-state index contributed by atoms with van der Waals surface area (Å²) in [6.07, 6.45) is 8.19. The molecule has 20 heavy (non-hydrogen) atoms. The van der Waals surface area contributed by atoms with E-state index in [4.69, 9.17) is 0 Å². The predicted molar refractivity (Wildman–Crippen MR) is 90.3 cm³/mol. The summed E-state index contributed by atoms with van der Waals surface area (Å²) < 4.78 is 0. The summed E-state index contributed by atoms with van der Waals surface area (Å²) in [6, 6.07) is 11.0. The van der Waals surface area contributed by atoms with Gasteiger partial charge in [0.05, 0.1) is 0 Å². The van der Waals surface area contributed by atoms with Crippen molar-refractivity contribution in [3.05, 3.63) is 35.9 Å². The molecular formula is C19H33N. The molecule has 0 aromatic heterocycles. The van der Waals surface area contributed by atoms with E-state index in [0.29, 0.717) is 5.92 Å². The molecule has 1 aromatic rings. The molecule has 0 amide bonds. The molecule has 0 saturated carbocycles. The normalized spacial score (nSPS) is 12.8. The summed E-state index contributed by atoms with van der Waals surface area (Å²) in [5.41, 5.74) is 1.50. The second kappa shape index (κ2) is 10.9. The van der Waals surface area contributed by atoms with Crippen LogP contribution in [0, 0.1) is 5.92 Å². The zero-order valence-electron chi connectivity index (χ0n) is 13.7. The molecule has 114 valence electrons. The van der Waals surface area contributed by atoms with Crippen LogP contribution in [0.5, 0.6) is 0 Å². The standard InChI is InChI=1S/C19H33N/c1-4-5-6-7-9-14-19(16-20-15-17(2)3)18-12-10-8-11-13-18/h8,10-13,17,19-20H,4-7,9,14-16H2,1-3H3. The Kier molecular flexibility index (Phi) is 9.40. The molecule has 0 radical (unpaired) electrons. The lowest BCUT2D eigenvalue weighted by atomic mass is 9.92. The third kappa shape index (κ3) is 7.69. The summed E-state index contributed by atoms with van der Waals surface area (Å²) in [5.74, 6) is 1.41. The van der Waals surface area contributed by atoms with Gasteiger partial charge >= 0.3 is 0 Å². The van der Waals surface area contributed by atoms with Crippen molar-refractivity contribution >= 4 is 0 Å². The molecule has 1 unspecified atom stereocenters. The minimum atomic E-state index is 0.677. The van der Waals surface area contributed by atoms with E-state index in [1.807, 2.05) is 0 Å². The lowest BCUT2D eigenvalue weighted by Crippen LogP contribution is -2.25. The first-order valence-corrected chi connectivity index (χ1v) is 8.49. The monoisotopic (exact) mass is 275 g/mol. The van der Waals surface area contributed by atoms with Crippen LogP contribution in [0.15, 0.2) is 30.3 Å². The Morgan fingerprint density at radius 2 is 1.60 bits per heavy atom. The van der Waals surface area contributed by atoms with Crippen LogP contribution in [0.1, 0.15) is 70.8 Å². The third-order valence-corrected chi connectivity index (χ3v) is 3.87. The number of unbranched alkanes of at least 4 members (excludes halogenated alkanes) is 4. The number of hydrogen-bond acceptors (Lipinski definition) is 1. The van der Waals surface area contributed by atoms with Gasteiger partial charge in [-0.2, -0.15) is 0 Å². The lowest BCUT2D eigenvalue weighted by Gasteiger charge is -2.19. The van der Waals surface area contributed by atoms with Crippen LogP contribution in [0.2, 0.25) is 0 Å². The number of hydrogen-bond donors (Lipinski definition) is 1. The van der Waals surface area contributed by atoms with Crippen LogP contribution in [0.4, 0.5) is 0 Å². The Hall–Kier alpha value is -0.820. The number of nitrogens with one attached hydrogen (secondary N) is 1. The fourth-order valence-electron chi connectivity index (χ4n) is 2.65. The highest BCUT2D eigenvalue weighted by molar-refractivity contribution is 5.19. The highest BCUT2D eigenvalue weighted by atomic mass is 14.9. The molecule has 1 nitrogen and oxygen atoms in total. The SMILES string of the molecule is CCCCCCCC(CNCC(C)C)c1ccccc1. The largest absolute Gasteiger partial charge is 0.316 e. The molecular weight excluding hydrogens is 242 g/mol. The Bertz CT molecular complexity index is 318. The molecule has 0 heterocycles. The Morgan fingerprint density at radius 1 is 0.900 bits per heavy atom. The molecule has 1 atom stereocenters. The van der Waals surface area contributed by atoms with Crippen LogP contribution in [-0.2, 0) is 0 Å². The van der Waals surface area contributed by atoms with Gasteiger partial charge in [-0.1, -0.05) is 83.2 Å². The van der Waals surface area contributed by atoms with Crippen molar-refractivity contribution in [1.29, 1.82) is 0 Å². The summed E-state index contributed by atoms with van der Waals surface area (Å²) in [4.78, 5) is 0. The summed E-state index contributed by atoms with van der Waals surface area (Å²) in [6.45, 7) is 9.07. The van der Waals surface area contributed by atoms with Crippen molar-refractivity contribution in [2.24, 2.45) is 5.92 Å². The van der Waals surface area contributed by atoms with Gasteiger partial charge in [-0.15, -0.1) is 0 Å². The van der Waals surface area contributed by atoms with Crippen LogP contribution in [0.25, 0.3) is 0 Å². The Labute approximate surface area is 126 Å². The quantitative estimate of drug-likeness (QED) is 0.535. The molecule has 0 bridgehead atoms. The van der Waals surface area contributed by atoms with Crippen LogP contribution in [-0.4, -0.2) is 13.1 Å². The number of benzene rings is 1. The fourth-order valence-corrected chi connectivity index (χ4v) is 2.65. The summed E-state index contributed by atoms with van der Waals surface area (Å²) >= 11 is 0. The van der Waals surface area contributed by atoms with Gasteiger partial charge in [0, 0.05) is 6.54 Å². The molecule has 0 aliphatic rings. The molecule has 1 rings (SSSR count). The van der Waals surface area contributed by atoms with E-state index in [1.165, 1.54) is 44.1 Å². The average molecular weight is 275 g/mol. The van der Waals surface area contributed by atoms with Crippen LogP contribution >= 0.6 is 0 Å². The highest BCUT2D eigenvalue weighted by Crippen LogP contribution is 2.22. The molecule has 0 saturated heterocycles. The number of rotatable bonds is 11. The van der Waals surface area contributed by atoms with Crippen molar-refractivity contribution in [2.75, 3.05) is 13.1 Å². The Balaban J connectivity index is 2.39. The third-order valence-electron chi connectivity index (χ3n) is 3.87. The van der Waals surface area contributed by atoms with E-state index in [0.717, 1.165) is 19.0 Å². The van der Waals surface area contributed by atoms with Gasteiger partial charge < -0.3 is 5.32 Å². The second-order valence-electron chi connectivity index (χ2n) is 6.36. The highest BCUT2D eigenvalue weighted by Gasteiger charge is 2.10. The zero-order chi connectivity index (χ0) is 14.6. The van der Waals surface area contributed by atoms with Crippen molar-refractivity contribution < 1.29 is 0 Å². The van der Waals surface area contributed by atoms with E-state index in [-0.39, 0.29) is 0 Å². The first kappa shape index (κ1) is 17.2. The molecule has 0 aliphatic carbocycles.